The Labute approximate surface area is 150 Å². The molecular formula is C18H20N4O4. The average molecular weight is 356 g/mol. The molecule has 8 nitrogen and oxygen atoms in total. The standard InChI is InChI=1S/C18H20N4O4/c1-25-18(24)12-4-6-13(7-5-12)22-16-9-15(20-11-21-16)17(23)19-10-14-3-2-8-26-14/h4-7,9,11,14H,2-3,8,10H2,1H3,(H,19,23)(H,20,21,22). The summed E-state index contributed by atoms with van der Waals surface area (Å²) in [7, 11) is 1.33. The lowest BCUT2D eigenvalue weighted by Crippen LogP contribution is -2.32. The van der Waals surface area contributed by atoms with Gasteiger partial charge in [0.2, 0.25) is 0 Å². The normalized spacial score (nSPS) is 16.1. The molecule has 0 saturated carbocycles. The Hall–Kier alpha value is -3.00. The van der Waals surface area contributed by atoms with Crippen LogP contribution in [0.5, 0.6) is 0 Å². The first kappa shape index (κ1) is 17.8. The molecule has 2 aromatic rings. The summed E-state index contributed by atoms with van der Waals surface area (Å²) >= 11 is 0. The first-order valence-corrected chi connectivity index (χ1v) is 8.33. The number of ether oxygens (including phenoxy) is 2. The fourth-order valence-corrected chi connectivity index (χ4v) is 2.61. The van der Waals surface area contributed by atoms with Crippen molar-refractivity contribution in [2.24, 2.45) is 0 Å². The summed E-state index contributed by atoms with van der Waals surface area (Å²) in [6.45, 7) is 1.22. The fraction of sp³-hybridized carbons (Fsp3) is 0.333. The molecule has 1 aliphatic rings. The van der Waals surface area contributed by atoms with Crippen molar-refractivity contribution in [1.82, 2.24) is 15.3 Å². The molecule has 1 atom stereocenters. The zero-order valence-electron chi connectivity index (χ0n) is 14.4. The van der Waals surface area contributed by atoms with Crippen molar-refractivity contribution < 1.29 is 19.1 Å². The van der Waals surface area contributed by atoms with Crippen LogP contribution in [0.4, 0.5) is 11.5 Å². The number of hydrogen-bond acceptors (Lipinski definition) is 7. The van der Waals surface area contributed by atoms with E-state index in [2.05, 4.69) is 25.3 Å². The number of benzene rings is 1. The Morgan fingerprint density at radius 2 is 2.08 bits per heavy atom. The van der Waals surface area contributed by atoms with Gasteiger partial charge in [0.25, 0.3) is 5.91 Å². The number of amides is 1. The first-order valence-electron chi connectivity index (χ1n) is 8.33. The highest BCUT2D eigenvalue weighted by molar-refractivity contribution is 5.93. The highest BCUT2D eigenvalue weighted by Gasteiger charge is 2.17. The smallest absolute Gasteiger partial charge is 0.337 e. The molecule has 1 aliphatic heterocycles. The molecule has 26 heavy (non-hydrogen) atoms. The maximum Gasteiger partial charge on any atom is 0.337 e. The Kier molecular flexibility index (Phi) is 5.75. The van der Waals surface area contributed by atoms with Crippen molar-refractivity contribution in [1.29, 1.82) is 0 Å². The monoisotopic (exact) mass is 356 g/mol. The van der Waals surface area contributed by atoms with Crippen LogP contribution in [0.2, 0.25) is 0 Å². The predicted octanol–water partition coefficient (Wildman–Crippen LogP) is 1.92. The minimum atomic E-state index is -0.399. The number of carbonyl (C=O) groups excluding carboxylic acids is 2. The largest absolute Gasteiger partial charge is 0.465 e. The van der Waals surface area contributed by atoms with Crippen LogP contribution < -0.4 is 10.6 Å². The number of anilines is 2. The molecule has 1 amide bonds. The number of aromatic nitrogens is 2. The first-order chi connectivity index (χ1) is 12.7. The van der Waals surface area contributed by atoms with Gasteiger partial charge in [-0.3, -0.25) is 4.79 Å². The number of esters is 1. The zero-order chi connectivity index (χ0) is 18.4. The quantitative estimate of drug-likeness (QED) is 0.762. The molecule has 136 valence electrons. The number of carbonyl (C=O) groups is 2. The second kappa shape index (κ2) is 8.39. The van der Waals surface area contributed by atoms with Crippen molar-refractivity contribution >= 4 is 23.4 Å². The van der Waals surface area contributed by atoms with Gasteiger partial charge in [-0.25, -0.2) is 14.8 Å². The van der Waals surface area contributed by atoms with Gasteiger partial charge < -0.3 is 20.1 Å². The van der Waals surface area contributed by atoms with Gasteiger partial charge >= 0.3 is 5.97 Å². The second-order valence-corrected chi connectivity index (χ2v) is 5.83. The summed E-state index contributed by atoms with van der Waals surface area (Å²) in [5, 5.41) is 5.90. The molecule has 2 N–H and O–H groups in total. The minimum absolute atomic E-state index is 0.0757. The van der Waals surface area contributed by atoms with E-state index >= 15 is 0 Å². The third-order valence-electron chi connectivity index (χ3n) is 3.99. The van der Waals surface area contributed by atoms with Crippen LogP contribution >= 0.6 is 0 Å². The van der Waals surface area contributed by atoms with Gasteiger partial charge in [-0.2, -0.15) is 0 Å². The van der Waals surface area contributed by atoms with E-state index in [9.17, 15) is 9.59 Å². The van der Waals surface area contributed by atoms with Crippen LogP contribution in [0.15, 0.2) is 36.7 Å². The van der Waals surface area contributed by atoms with Crippen LogP contribution in [0.1, 0.15) is 33.7 Å². The van der Waals surface area contributed by atoms with Gasteiger partial charge in [-0.05, 0) is 37.1 Å². The molecule has 0 spiro atoms. The summed E-state index contributed by atoms with van der Waals surface area (Å²) in [6, 6.07) is 8.31. The van der Waals surface area contributed by atoms with Gasteiger partial charge in [0.15, 0.2) is 0 Å². The molecule has 0 radical (unpaired) electrons. The van der Waals surface area contributed by atoms with Crippen LogP contribution in [0.25, 0.3) is 0 Å². The van der Waals surface area contributed by atoms with Gasteiger partial charge in [-0.1, -0.05) is 0 Å². The number of rotatable bonds is 6. The third kappa shape index (κ3) is 4.54. The maximum absolute atomic E-state index is 12.2. The van der Waals surface area contributed by atoms with Crippen molar-refractivity contribution in [3.8, 4) is 0 Å². The summed E-state index contributed by atoms with van der Waals surface area (Å²) in [5.74, 6) is -0.191. The van der Waals surface area contributed by atoms with Gasteiger partial charge in [0.1, 0.15) is 17.8 Å². The van der Waals surface area contributed by atoms with E-state index in [0.717, 1.165) is 25.1 Å². The molecule has 0 aliphatic carbocycles. The summed E-state index contributed by atoms with van der Waals surface area (Å²) < 4.78 is 10.1. The lowest BCUT2D eigenvalue weighted by atomic mass is 10.2. The molecule has 2 heterocycles. The molecule has 1 saturated heterocycles. The number of nitrogens with zero attached hydrogens (tertiary/aromatic N) is 2. The summed E-state index contributed by atoms with van der Waals surface area (Å²) in [5.41, 5.74) is 1.45. The second-order valence-electron chi connectivity index (χ2n) is 5.83. The van der Waals surface area contributed by atoms with Crippen molar-refractivity contribution in [2.75, 3.05) is 25.6 Å². The number of methoxy groups -OCH3 is 1. The molecule has 1 aromatic heterocycles. The van der Waals surface area contributed by atoms with Crippen molar-refractivity contribution in [3.05, 3.63) is 47.9 Å². The number of hydrogen-bond donors (Lipinski definition) is 2. The van der Waals surface area contributed by atoms with Crippen molar-refractivity contribution in [3.63, 3.8) is 0 Å². The zero-order valence-corrected chi connectivity index (χ0v) is 14.4. The molecule has 0 bridgehead atoms. The van der Waals surface area contributed by atoms with Crippen molar-refractivity contribution in [2.45, 2.75) is 18.9 Å². The van der Waals surface area contributed by atoms with Gasteiger partial charge in [0, 0.05) is 24.9 Å². The highest BCUT2D eigenvalue weighted by Crippen LogP contribution is 2.16. The Morgan fingerprint density at radius 3 is 2.77 bits per heavy atom. The molecular weight excluding hydrogens is 336 g/mol. The molecule has 8 heteroatoms. The van der Waals surface area contributed by atoms with E-state index in [-0.39, 0.29) is 17.7 Å². The third-order valence-corrected chi connectivity index (χ3v) is 3.99. The van der Waals surface area contributed by atoms with Gasteiger partial charge in [-0.15, -0.1) is 0 Å². The SMILES string of the molecule is COC(=O)c1ccc(Nc2cc(C(=O)NCC3CCCO3)ncn2)cc1. The van der Waals surface area contributed by atoms with Crippen LogP contribution in [0.3, 0.4) is 0 Å². The number of nitrogens with one attached hydrogen (secondary N) is 2. The van der Waals surface area contributed by atoms with E-state index < -0.39 is 5.97 Å². The molecule has 1 unspecified atom stereocenters. The fourth-order valence-electron chi connectivity index (χ4n) is 2.61. The lowest BCUT2D eigenvalue weighted by Gasteiger charge is -2.11. The summed E-state index contributed by atoms with van der Waals surface area (Å²) in [4.78, 5) is 31.8. The topological polar surface area (TPSA) is 102 Å². The maximum atomic E-state index is 12.2. The average Bonchev–Trinajstić information content (AvgIpc) is 3.20. The van der Waals surface area contributed by atoms with Gasteiger partial charge in [0.05, 0.1) is 18.8 Å². The van der Waals surface area contributed by atoms with E-state index in [1.54, 1.807) is 30.3 Å². The Bertz CT molecular complexity index is 773. The lowest BCUT2D eigenvalue weighted by molar-refractivity contribution is 0.0600. The van der Waals surface area contributed by atoms with E-state index in [0.29, 0.717) is 17.9 Å². The highest BCUT2D eigenvalue weighted by atomic mass is 16.5. The van der Waals surface area contributed by atoms with Crippen LogP contribution in [-0.4, -0.2) is 48.2 Å². The Morgan fingerprint density at radius 1 is 1.27 bits per heavy atom. The molecule has 1 aromatic carbocycles. The van der Waals surface area contributed by atoms with E-state index in [1.807, 2.05) is 0 Å². The van der Waals surface area contributed by atoms with E-state index in [1.165, 1.54) is 13.4 Å². The minimum Gasteiger partial charge on any atom is -0.465 e. The van der Waals surface area contributed by atoms with Crippen LogP contribution in [-0.2, 0) is 9.47 Å². The molecule has 3 rings (SSSR count). The predicted molar refractivity (Wildman–Crippen MR) is 94.4 cm³/mol. The summed E-state index contributed by atoms with van der Waals surface area (Å²) in [6.07, 6.45) is 3.38. The molecule has 1 fully saturated rings. The Balaban J connectivity index is 1.61. The van der Waals surface area contributed by atoms with E-state index in [4.69, 9.17) is 4.74 Å². The van der Waals surface area contributed by atoms with Crippen LogP contribution in [0, 0.1) is 0 Å².